The third-order valence-corrected chi connectivity index (χ3v) is 2.56. The number of carbonyl (C=O) groups is 2. The van der Waals surface area contributed by atoms with Crippen LogP contribution in [0.1, 0.15) is 30.1 Å². The predicted octanol–water partition coefficient (Wildman–Crippen LogP) is 2.46. The van der Waals surface area contributed by atoms with Crippen LogP contribution in [0.3, 0.4) is 0 Å². The standard InChI is InChI=1S/C14H19FN2O4/c1-2-7-21-8-3-6-16-14(20)17-10-4-5-11(13(18)19)12(15)9-10/h4-5,9H,2-3,6-8H2,1H3,(H,18,19)(H2,16,17,20). The number of anilines is 1. The van der Waals surface area contributed by atoms with Crippen molar-refractivity contribution in [2.45, 2.75) is 19.8 Å². The number of amides is 2. The number of nitrogens with one attached hydrogen (secondary N) is 2. The number of ether oxygens (including phenoxy) is 1. The van der Waals surface area contributed by atoms with Crippen LogP contribution in [0.25, 0.3) is 0 Å². The number of carbonyl (C=O) groups excluding carboxylic acids is 1. The Morgan fingerprint density at radius 2 is 2.10 bits per heavy atom. The fraction of sp³-hybridized carbons (Fsp3) is 0.429. The molecule has 0 atom stereocenters. The van der Waals surface area contributed by atoms with E-state index in [2.05, 4.69) is 10.6 Å². The smallest absolute Gasteiger partial charge is 0.338 e. The quantitative estimate of drug-likeness (QED) is 0.643. The molecule has 0 radical (unpaired) electrons. The molecule has 21 heavy (non-hydrogen) atoms. The number of rotatable bonds is 8. The summed E-state index contributed by atoms with van der Waals surface area (Å²) in [7, 11) is 0. The molecule has 0 aliphatic rings. The number of hydrogen-bond acceptors (Lipinski definition) is 3. The highest BCUT2D eigenvalue weighted by Crippen LogP contribution is 2.14. The predicted molar refractivity (Wildman–Crippen MR) is 76.1 cm³/mol. The first kappa shape index (κ1) is 16.9. The lowest BCUT2D eigenvalue weighted by Crippen LogP contribution is -2.30. The number of benzene rings is 1. The Labute approximate surface area is 122 Å². The summed E-state index contributed by atoms with van der Waals surface area (Å²) in [4.78, 5) is 22.2. The van der Waals surface area contributed by atoms with Crippen LogP contribution in [-0.4, -0.2) is 36.9 Å². The average Bonchev–Trinajstić information content (AvgIpc) is 2.42. The summed E-state index contributed by atoms with van der Waals surface area (Å²) < 4.78 is 18.7. The van der Waals surface area contributed by atoms with Gasteiger partial charge in [-0.2, -0.15) is 0 Å². The van der Waals surface area contributed by atoms with E-state index in [0.29, 0.717) is 26.2 Å². The Bertz CT molecular complexity index is 494. The summed E-state index contributed by atoms with van der Waals surface area (Å²) in [6, 6.07) is 2.92. The lowest BCUT2D eigenvalue weighted by atomic mass is 10.2. The summed E-state index contributed by atoms with van der Waals surface area (Å²) in [5.41, 5.74) is -0.244. The first-order valence-electron chi connectivity index (χ1n) is 6.70. The topological polar surface area (TPSA) is 87.7 Å². The fourth-order valence-electron chi connectivity index (χ4n) is 1.56. The first-order chi connectivity index (χ1) is 10.0. The average molecular weight is 298 g/mol. The zero-order valence-electron chi connectivity index (χ0n) is 11.8. The zero-order valence-corrected chi connectivity index (χ0v) is 11.8. The minimum atomic E-state index is -1.35. The molecular formula is C14H19FN2O4. The minimum absolute atomic E-state index is 0.192. The monoisotopic (exact) mass is 298 g/mol. The molecule has 116 valence electrons. The number of carboxylic acids is 1. The molecule has 0 bridgehead atoms. The van der Waals surface area contributed by atoms with Gasteiger partial charge in [0.05, 0.1) is 5.56 Å². The van der Waals surface area contributed by atoms with Crippen molar-refractivity contribution in [2.75, 3.05) is 25.1 Å². The maximum atomic E-state index is 13.4. The Morgan fingerprint density at radius 3 is 2.71 bits per heavy atom. The molecule has 0 unspecified atom stereocenters. The van der Waals surface area contributed by atoms with Gasteiger partial charge in [-0.3, -0.25) is 0 Å². The highest BCUT2D eigenvalue weighted by atomic mass is 19.1. The summed E-state index contributed by atoms with van der Waals surface area (Å²) in [6.45, 7) is 3.71. The van der Waals surface area contributed by atoms with Gasteiger partial charge in [-0.15, -0.1) is 0 Å². The molecular weight excluding hydrogens is 279 g/mol. The van der Waals surface area contributed by atoms with E-state index in [1.807, 2.05) is 6.92 Å². The number of urea groups is 1. The number of carboxylic acid groups (broad SMARTS) is 1. The van der Waals surface area contributed by atoms with Gasteiger partial charge in [0, 0.05) is 25.4 Å². The third-order valence-electron chi connectivity index (χ3n) is 2.56. The molecule has 3 N–H and O–H groups in total. The minimum Gasteiger partial charge on any atom is -0.478 e. The Kier molecular flexibility index (Phi) is 7.17. The van der Waals surface area contributed by atoms with Crippen molar-refractivity contribution in [3.8, 4) is 0 Å². The number of aromatic carboxylic acids is 1. The summed E-state index contributed by atoms with van der Waals surface area (Å²) >= 11 is 0. The maximum Gasteiger partial charge on any atom is 0.338 e. The van der Waals surface area contributed by atoms with Crippen molar-refractivity contribution < 1.29 is 23.8 Å². The van der Waals surface area contributed by atoms with Crippen molar-refractivity contribution in [1.82, 2.24) is 5.32 Å². The fourth-order valence-corrected chi connectivity index (χ4v) is 1.56. The largest absolute Gasteiger partial charge is 0.478 e. The third kappa shape index (κ3) is 6.22. The van der Waals surface area contributed by atoms with E-state index < -0.39 is 23.4 Å². The van der Waals surface area contributed by atoms with Gasteiger partial charge in [0.1, 0.15) is 5.82 Å². The molecule has 0 aromatic heterocycles. The van der Waals surface area contributed by atoms with E-state index >= 15 is 0 Å². The van der Waals surface area contributed by atoms with Gasteiger partial charge in [-0.05, 0) is 31.0 Å². The number of hydrogen-bond donors (Lipinski definition) is 3. The van der Waals surface area contributed by atoms with Gasteiger partial charge in [0.2, 0.25) is 0 Å². The van der Waals surface area contributed by atoms with Gasteiger partial charge in [0.25, 0.3) is 0 Å². The molecule has 1 aromatic carbocycles. The van der Waals surface area contributed by atoms with Crippen molar-refractivity contribution in [2.24, 2.45) is 0 Å². The maximum absolute atomic E-state index is 13.4. The summed E-state index contributed by atoms with van der Waals surface area (Å²) in [5.74, 6) is -2.25. The normalized spacial score (nSPS) is 10.2. The molecule has 0 fully saturated rings. The van der Waals surface area contributed by atoms with E-state index in [-0.39, 0.29) is 5.69 Å². The second-order valence-corrected chi connectivity index (χ2v) is 4.35. The van der Waals surface area contributed by atoms with Crippen LogP contribution in [0.4, 0.5) is 14.9 Å². The van der Waals surface area contributed by atoms with E-state index in [4.69, 9.17) is 9.84 Å². The highest BCUT2D eigenvalue weighted by molar-refractivity contribution is 5.91. The molecule has 1 aromatic rings. The van der Waals surface area contributed by atoms with Crippen LogP contribution in [0, 0.1) is 5.82 Å². The Hall–Kier alpha value is -2.15. The molecule has 0 aliphatic heterocycles. The highest BCUT2D eigenvalue weighted by Gasteiger charge is 2.11. The van der Waals surface area contributed by atoms with Crippen LogP contribution >= 0.6 is 0 Å². The molecule has 0 heterocycles. The van der Waals surface area contributed by atoms with Crippen molar-refractivity contribution >= 4 is 17.7 Å². The van der Waals surface area contributed by atoms with Crippen LogP contribution in [0.15, 0.2) is 18.2 Å². The van der Waals surface area contributed by atoms with E-state index in [9.17, 15) is 14.0 Å². The van der Waals surface area contributed by atoms with Gasteiger partial charge in [0.15, 0.2) is 0 Å². The molecule has 0 saturated heterocycles. The lowest BCUT2D eigenvalue weighted by molar-refractivity contribution is 0.0692. The summed E-state index contributed by atoms with van der Waals surface area (Å²) in [5, 5.41) is 13.7. The molecule has 7 heteroatoms. The second-order valence-electron chi connectivity index (χ2n) is 4.35. The van der Waals surface area contributed by atoms with Crippen LogP contribution in [0.2, 0.25) is 0 Å². The summed E-state index contributed by atoms with van der Waals surface area (Å²) in [6.07, 6.45) is 1.63. The number of halogens is 1. The van der Waals surface area contributed by atoms with E-state index in [0.717, 1.165) is 18.6 Å². The molecule has 2 amide bonds. The SMILES string of the molecule is CCCOCCCNC(=O)Nc1ccc(C(=O)O)c(F)c1. The molecule has 0 aliphatic carbocycles. The second kappa shape index (κ2) is 8.91. The van der Waals surface area contributed by atoms with Gasteiger partial charge in [-0.1, -0.05) is 6.92 Å². The molecule has 1 rings (SSSR count). The van der Waals surface area contributed by atoms with Crippen molar-refractivity contribution in [3.63, 3.8) is 0 Å². The van der Waals surface area contributed by atoms with Crippen LogP contribution in [0.5, 0.6) is 0 Å². The molecule has 0 saturated carbocycles. The van der Waals surface area contributed by atoms with Gasteiger partial charge in [-0.25, -0.2) is 14.0 Å². The van der Waals surface area contributed by atoms with Crippen molar-refractivity contribution in [1.29, 1.82) is 0 Å². The molecule has 6 nitrogen and oxygen atoms in total. The van der Waals surface area contributed by atoms with Gasteiger partial charge >= 0.3 is 12.0 Å². The Morgan fingerprint density at radius 1 is 1.33 bits per heavy atom. The molecule has 0 spiro atoms. The Balaban J connectivity index is 2.34. The van der Waals surface area contributed by atoms with E-state index in [1.54, 1.807) is 0 Å². The van der Waals surface area contributed by atoms with Crippen molar-refractivity contribution in [3.05, 3.63) is 29.6 Å². The van der Waals surface area contributed by atoms with E-state index in [1.165, 1.54) is 6.07 Å². The zero-order chi connectivity index (χ0) is 15.7. The van der Waals surface area contributed by atoms with Crippen LogP contribution < -0.4 is 10.6 Å². The van der Waals surface area contributed by atoms with Gasteiger partial charge < -0.3 is 20.5 Å². The van der Waals surface area contributed by atoms with Crippen LogP contribution in [-0.2, 0) is 4.74 Å². The first-order valence-corrected chi connectivity index (χ1v) is 6.70. The lowest BCUT2D eigenvalue weighted by Gasteiger charge is -2.08.